The number of ether oxygens (including phenoxy) is 1. The molecule has 1 aromatic heterocycles. The molecule has 2 aromatic rings. The van der Waals surface area contributed by atoms with E-state index >= 15 is 0 Å². The molecule has 2 aliphatic rings. The highest BCUT2D eigenvalue weighted by Gasteiger charge is 2.37. The van der Waals surface area contributed by atoms with Crippen LogP contribution in [-0.4, -0.2) is 65.1 Å². The van der Waals surface area contributed by atoms with Crippen LogP contribution in [0.2, 0.25) is 5.15 Å². The van der Waals surface area contributed by atoms with Gasteiger partial charge in [-0.05, 0) is 6.42 Å². The Morgan fingerprint density at radius 1 is 1.24 bits per heavy atom. The monoisotopic (exact) mass is 360 g/mol. The topological polar surface area (TPSA) is 61.5 Å². The molecule has 0 saturated carbocycles. The van der Waals surface area contributed by atoms with Gasteiger partial charge in [-0.1, -0.05) is 41.9 Å². The molecule has 1 amide bonds. The van der Waals surface area contributed by atoms with Crippen LogP contribution >= 0.6 is 11.6 Å². The second-order valence-electron chi connectivity index (χ2n) is 6.51. The molecule has 2 atom stereocenters. The van der Waals surface area contributed by atoms with Gasteiger partial charge in [0.25, 0.3) is 0 Å². The van der Waals surface area contributed by atoms with Crippen molar-refractivity contribution in [3.05, 3.63) is 41.3 Å². The van der Waals surface area contributed by atoms with E-state index in [1.807, 2.05) is 35.2 Å². The van der Waals surface area contributed by atoms with Crippen LogP contribution in [0.25, 0.3) is 11.3 Å². The molecule has 0 spiro atoms. The first-order valence-electron chi connectivity index (χ1n) is 8.60. The fraction of sp³-hybridized carbons (Fsp3) is 0.444. The van der Waals surface area contributed by atoms with E-state index in [9.17, 15) is 4.79 Å². The number of nitrogens with one attached hydrogen (secondary N) is 1. The third kappa shape index (κ3) is 3.29. The number of rotatable bonds is 4. The number of hydrogen-bond acceptors (Lipinski definition) is 4. The Bertz CT molecular complexity index is 730. The number of H-pyrrole nitrogens is 1. The molecule has 0 radical (unpaired) electrons. The van der Waals surface area contributed by atoms with Crippen LogP contribution in [0.1, 0.15) is 18.3 Å². The number of likely N-dealkylation sites (tertiary alicyclic amines) is 1. The number of halogens is 1. The molecule has 2 saturated heterocycles. The van der Waals surface area contributed by atoms with E-state index in [0.29, 0.717) is 17.7 Å². The van der Waals surface area contributed by atoms with Crippen molar-refractivity contribution in [1.82, 2.24) is 19.8 Å². The van der Waals surface area contributed by atoms with Gasteiger partial charge in [-0.15, -0.1) is 0 Å². The molecule has 0 bridgehead atoms. The van der Waals surface area contributed by atoms with Crippen LogP contribution in [0, 0.1) is 0 Å². The normalized spacial score (nSPS) is 24.6. The van der Waals surface area contributed by atoms with Crippen molar-refractivity contribution in [1.29, 1.82) is 0 Å². The summed E-state index contributed by atoms with van der Waals surface area (Å²) in [6.45, 7) is 4.06. The summed E-state index contributed by atoms with van der Waals surface area (Å²) in [5.41, 5.74) is 1.70. The molecule has 0 unspecified atom stereocenters. The van der Waals surface area contributed by atoms with Gasteiger partial charge in [0.2, 0.25) is 6.41 Å². The molecule has 132 valence electrons. The number of hydrogen-bond donors (Lipinski definition) is 1. The van der Waals surface area contributed by atoms with E-state index in [1.165, 1.54) is 0 Å². The summed E-state index contributed by atoms with van der Waals surface area (Å²) >= 11 is 6.38. The summed E-state index contributed by atoms with van der Waals surface area (Å²) in [4.78, 5) is 23.7. The summed E-state index contributed by atoms with van der Waals surface area (Å²) in [6, 6.07) is 10.1. The minimum Gasteiger partial charge on any atom is -0.379 e. The Hall–Kier alpha value is -1.89. The number of carbonyl (C=O) groups excluding carboxylic acids is 1. The number of morpholine rings is 1. The molecule has 4 rings (SSSR count). The van der Waals surface area contributed by atoms with E-state index in [-0.39, 0.29) is 6.04 Å². The maximum atomic E-state index is 11.6. The van der Waals surface area contributed by atoms with Gasteiger partial charge < -0.3 is 14.6 Å². The maximum Gasteiger partial charge on any atom is 0.210 e. The molecule has 7 heteroatoms. The van der Waals surface area contributed by atoms with Crippen LogP contribution in [0.3, 0.4) is 0 Å². The quantitative estimate of drug-likeness (QED) is 0.850. The Morgan fingerprint density at radius 3 is 2.72 bits per heavy atom. The van der Waals surface area contributed by atoms with Crippen molar-refractivity contribution in [3.8, 4) is 11.3 Å². The molecule has 6 nitrogen and oxygen atoms in total. The molecular weight excluding hydrogens is 340 g/mol. The SMILES string of the molecule is O=CN1C[C@@H](N2CCOCC2)C[C@H]1c1nc(-c2ccccc2)c(Cl)[nH]1. The van der Waals surface area contributed by atoms with E-state index in [1.54, 1.807) is 0 Å². The minimum atomic E-state index is -0.0692. The first-order valence-corrected chi connectivity index (χ1v) is 8.97. The summed E-state index contributed by atoms with van der Waals surface area (Å²) in [5.74, 6) is 0.756. The van der Waals surface area contributed by atoms with Gasteiger partial charge in [0, 0.05) is 31.2 Å². The summed E-state index contributed by atoms with van der Waals surface area (Å²) in [5, 5.41) is 0.516. The predicted octanol–water partition coefficient (Wildman–Crippen LogP) is 2.33. The smallest absolute Gasteiger partial charge is 0.210 e. The van der Waals surface area contributed by atoms with E-state index < -0.39 is 0 Å². The molecule has 1 N–H and O–H groups in total. The van der Waals surface area contributed by atoms with Gasteiger partial charge in [0.15, 0.2) is 0 Å². The molecule has 2 aliphatic heterocycles. The number of imidazole rings is 1. The summed E-state index contributed by atoms with van der Waals surface area (Å²) in [7, 11) is 0. The molecule has 0 aliphatic carbocycles. The van der Waals surface area contributed by atoms with Crippen LogP contribution < -0.4 is 0 Å². The highest BCUT2D eigenvalue weighted by molar-refractivity contribution is 6.31. The number of nitrogens with zero attached hydrogens (tertiary/aromatic N) is 3. The average molecular weight is 361 g/mol. The average Bonchev–Trinajstić information content (AvgIpc) is 3.26. The van der Waals surface area contributed by atoms with Gasteiger partial charge in [0.05, 0.1) is 19.3 Å². The highest BCUT2D eigenvalue weighted by Crippen LogP contribution is 2.35. The number of aromatic amines is 1. The highest BCUT2D eigenvalue weighted by atomic mass is 35.5. The lowest BCUT2D eigenvalue weighted by Gasteiger charge is -2.31. The first kappa shape index (κ1) is 16.6. The Morgan fingerprint density at radius 2 is 2.00 bits per heavy atom. The number of carbonyl (C=O) groups is 1. The van der Waals surface area contributed by atoms with Crippen molar-refractivity contribution in [2.45, 2.75) is 18.5 Å². The van der Waals surface area contributed by atoms with Crippen molar-refractivity contribution in [2.24, 2.45) is 0 Å². The van der Waals surface area contributed by atoms with Crippen molar-refractivity contribution in [2.75, 3.05) is 32.8 Å². The van der Waals surface area contributed by atoms with Crippen LogP contribution in [-0.2, 0) is 9.53 Å². The zero-order valence-corrected chi connectivity index (χ0v) is 14.7. The maximum absolute atomic E-state index is 11.6. The molecule has 1 aromatic carbocycles. The van der Waals surface area contributed by atoms with E-state index in [0.717, 1.165) is 56.2 Å². The number of aromatic nitrogens is 2. The Balaban J connectivity index is 1.57. The first-order chi connectivity index (χ1) is 12.3. The van der Waals surface area contributed by atoms with Gasteiger partial charge in [0.1, 0.15) is 16.7 Å². The van der Waals surface area contributed by atoms with Crippen LogP contribution in [0.5, 0.6) is 0 Å². The standard InChI is InChI=1S/C18H21ClN4O2/c19-17-16(13-4-2-1-3-5-13)20-18(21-17)15-10-14(11-23(15)12-24)22-6-8-25-9-7-22/h1-5,12,14-15H,6-11H2,(H,20,21)/t14-,15-/m0/s1. The summed E-state index contributed by atoms with van der Waals surface area (Å²) < 4.78 is 5.43. The Labute approximate surface area is 151 Å². The predicted molar refractivity (Wildman–Crippen MR) is 95.3 cm³/mol. The fourth-order valence-electron chi connectivity index (χ4n) is 3.74. The zero-order valence-electron chi connectivity index (χ0n) is 13.9. The number of amides is 1. The molecular formula is C18H21ClN4O2. The minimum absolute atomic E-state index is 0.0692. The van der Waals surface area contributed by atoms with Gasteiger partial charge in [-0.3, -0.25) is 9.69 Å². The van der Waals surface area contributed by atoms with Crippen LogP contribution in [0.15, 0.2) is 30.3 Å². The second kappa shape index (κ2) is 7.15. The van der Waals surface area contributed by atoms with Gasteiger partial charge >= 0.3 is 0 Å². The zero-order chi connectivity index (χ0) is 17.2. The van der Waals surface area contributed by atoms with Gasteiger partial charge in [-0.25, -0.2) is 4.98 Å². The van der Waals surface area contributed by atoms with Crippen LogP contribution in [0.4, 0.5) is 0 Å². The van der Waals surface area contributed by atoms with Crippen molar-refractivity contribution < 1.29 is 9.53 Å². The lowest BCUT2D eigenvalue weighted by Crippen LogP contribution is -2.44. The van der Waals surface area contributed by atoms with E-state index in [2.05, 4.69) is 9.88 Å². The molecule has 3 heterocycles. The molecule has 25 heavy (non-hydrogen) atoms. The van der Waals surface area contributed by atoms with E-state index in [4.69, 9.17) is 21.3 Å². The van der Waals surface area contributed by atoms with Gasteiger partial charge in [-0.2, -0.15) is 0 Å². The summed E-state index contributed by atoms with van der Waals surface area (Å²) in [6.07, 6.45) is 1.78. The Kier molecular flexibility index (Phi) is 4.74. The third-order valence-electron chi connectivity index (χ3n) is 5.06. The number of benzene rings is 1. The second-order valence-corrected chi connectivity index (χ2v) is 6.88. The largest absolute Gasteiger partial charge is 0.379 e. The lowest BCUT2D eigenvalue weighted by molar-refractivity contribution is -0.119. The van der Waals surface area contributed by atoms with Crippen molar-refractivity contribution in [3.63, 3.8) is 0 Å². The van der Waals surface area contributed by atoms with Crippen molar-refractivity contribution >= 4 is 18.0 Å². The fourth-order valence-corrected chi connectivity index (χ4v) is 3.99. The molecule has 2 fully saturated rings. The lowest BCUT2D eigenvalue weighted by atomic mass is 10.1. The third-order valence-corrected chi connectivity index (χ3v) is 5.33.